The molecule has 0 aliphatic heterocycles. The molecule has 0 saturated carbocycles. The van der Waals surface area contributed by atoms with E-state index in [-0.39, 0.29) is 5.91 Å². The number of rotatable bonds is 5. The highest BCUT2D eigenvalue weighted by Crippen LogP contribution is 2.07. The normalized spacial score (nSPS) is 9.94. The Morgan fingerprint density at radius 3 is 2.75 bits per heavy atom. The molecule has 5 heteroatoms. The number of pyridine rings is 1. The number of anilines is 1. The summed E-state index contributed by atoms with van der Waals surface area (Å²) >= 11 is 0. The van der Waals surface area contributed by atoms with E-state index in [9.17, 15) is 4.79 Å². The fourth-order valence-electron chi connectivity index (χ4n) is 1.15. The van der Waals surface area contributed by atoms with Crippen LogP contribution in [0, 0.1) is 0 Å². The minimum Gasteiger partial charge on any atom is -0.383 e. The van der Waals surface area contributed by atoms with Crippen molar-refractivity contribution >= 4 is 11.7 Å². The van der Waals surface area contributed by atoms with Crippen LogP contribution < -0.4 is 10.2 Å². The number of hydrogen-bond donors (Lipinski definition) is 1. The van der Waals surface area contributed by atoms with E-state index in [1.54, 1.807) is 19.4 Å². The number of carbonyl (C=O) groups is 1. The Kier molecular flexibility index (Phi) is 4.72. The zero-order valence-electron chi connectivity index (χ0n) is 9.86. The molecule has 0 aromatic carbocycles. The molecule has 0 atom stereocenters. The van der Waals surface area contributed by atoms with Crippen LogP contribution in [0.1, 0.15) is 10.4 Å². The maximum absolute atomic E-state index is 11.6. The Morgan fingerprint density at radius 2 is 2.25 bits per heavy atom. The number of carbonyl (C=O) groups excluding carboxylic acids is 1. The first-order valence-electron chi connectivity index (χ1n) is 5.05. The van der Waals surface area contributed by atoms with Gasteiger partial charge in [0.15, 0.2) is 0 Å². The van der Waals surface area contributed by atoms with Crippen molar-refractivity contribution in [1.82, 2.24) is 10.3 Å². The molecule has 1 amide bonds. The molecule has 0 radical (unpaired) electrons. The lowest BCUT2D eigenvalue weighted by molar-refractivity contribution is 0.0937. The second-order valence-corrected chi connectivity index (χ2v) is 3.55. The minimum absolute atomic E-state index is 0.130. The van der Waals surface area contributed by atoms with E-state index >= 15 is 0 Å². The lowest BCUT2D eigenvalue weighted by atomic mass is 10.2. The summed E-state index contributed by atoms with van der Waals surface area (Å²) in [5, 5.41) is 2.73. The molecule has 0 unspecified atom stereocenters. The van der Waals surface area contributed by atoms with Gasteiger partial charge in [-0.1, -0.05) is 0 Å². The first kappa shape index (κ1) is 12.4. The van der Waals surface area contributed by atoms with E-state index in [1.165, 1.54) is 0 Å². The fourth-order valence-corrected chi connectivity index (χ4v) is 1.15. The molecule has 0 aliphatic carbocycles. The molecule has 0 bridgehead atoms. The Hall–Kier alpha value is -1.62. The molecule has 1 aromatic heterocycles. The summed E-state index contributed by atoms with van der Waals surface area (Å²) in [4.78, 5) is 17.6. The molecule has 0 saturated heterocycles. The van der Waals surface area contributed by atoms with Gasteiger partial charge in [0.2, 0.25) is 0 Å². The van der Waals surface area contributed by atoms with Crippen molar-refractivity contribution in [3.8, 4) is 0 Å². The van der Waals surface area contributed by atoms with Crippen molar-refractivity contribution in [1.29, 1.82) is 0 Å². The van der Waals surface area contributed by atoms with Crippen molar-refractivity contribution in [2.75, 3.05) is 39.3 Å². The van der Waals surface area contributed by atoms with E-state index in [1.807, 2.05) is 25.1 Å². The molecule has 1 aromatic rings. The monoisotopic (exact) mass is 223 g/mol. The van der Waals surface area contributed by atoms with Crippen LogP contribution >= 0.6 is 0 Å². The van der Waals surface area contributed by atoms with Crippen molar-refractivity contribution in [2.24, 2.45) is 0 Å². The highest BCUT2D eigenvalue weighted by Gasteiger charge is 2.05. The van der Waals surface area contributed by atoms with Crippen molar-refractivity contribution in [2.45, 2.75) is 0 Å². The van der Waals surface area contributed by atoms with Gasteiger partial charge in [0.25, 0.3) is 5.91 Å². The Morgan fingerprint density at radius 1 is 1.50 bits per heavy atom. The van der Waals surface area contributed by atoms with Gasteiger partial charge in [-0.05, 0) is 12.1 Å². The third-order valence-corrected chi connectivity index (χ3v) is 2.06. The predicted molar refractivity (Wildman–Crippen MR) is 62.8 cm³/mol. The highest BCUT2D eigenvalue weighted by molar-refractivity contribution is 5.94. The molecule has 1 heterocycles. The van der Waals surface area contributed by atoms with Crippen LogP contribution in [0.4, 0.5) is 5.82 Å². The zero-order chi connectivity index (χ0) is 12.0. The first-order chi connectivity index (χ1) is 7.65. The first-order valence-corrected chi connectivity index (χ1v) is 5.05. The topological polar surface area (TPSA) is 54.5 Å². The molecule has 88 valence electrons. The van der Waals surface area contributed by atoms with Gasteiger partial charge in [0.05, 0.1) is 12.2 Å². The lowest BCUT2D eigenvalue weighted by Crippen LogP contribution is -2.27. The average molecular weight is 223 g/mol. The summed E-state index contributed by atoms with van der Waals surface area (Å²) in [7, 11) is 5.40. The van der Waals surface area contributed by atoms with Crippen LogP contribution in [0.3, 0.4) is 0 Å². The van der Waals surface area contributed by atoms with Gasteiger partial charge in [-0.15, -0.1) is 0 Å². The number of nitrogens with zero attached hydrogens (tertiary/aromatic N) is 2. The van der Waals surface area contributed by atoms with E-state index < -0.39 is 0 Å². The molecule has 0 spiro atoms. The Labute approximate surface area is 95.4 Å². The minimum atomic E-state index is -0.130. The van der Waals surface area contributed by atoms with Crippen molar-refractivity contribution < 1.29 is 9.53 Å². The molecule has 1 rings (SSSR count). The highest BCUT2D eigenvalue weighted by atomic mass is 16.5. The Balaban J connectivity index is 2.56. The number of nitrogens with one attached hydrogen (secondary N) is 1. The maximum atomic E-state index is 11.6. The lowest BCUT2D eigenvalue weighted by Gasteiger charge is -2.11. The molecule has 0 fully saturated rings. The summed E-state index contributed by atoms with van der Waals surface area (Å²) in [6.07, 6.45) is 1.57. The summed E-state index contributed by atoms with van der Waals surface area (Å²) in [6.45, 7) is 1.01. The number of aromatic nitrogens is 1. The van der Waals surface area contributed by atoms with Gasteiger partial charge in [-0.3, -0.25) is 4.79 Å². The number of methoxy groups -OCH3 is 1. The third kappa shape index (κ3) is 3.51. The molecule has 16 heavy (non-hydrogen) atoms. The third-order valence-electron chi connectivity index (χ3n) is 2.06. The maximum Gasteiger partial charge on any atom is 0.252 e. The predicted octanol–water partition coefficient (Wildman–Crippen LogP) is 0.524. The molecule has 1 N–H and O–H groups in total. The van der Waals surface area contributed by atoms with E-state index in [4.69, 9.17) is 4.74 Å². The largest absolute Gasteiger partial charge is 0.383 e. The average Bonchev–Trinajstić information content (AvgIpc) is 2.29. The van der Waals surface area contributed by atoms with E-state index in [0.717, 1.165) is 5.82 Å². The van der Waals surface area contributed by atoms with Gasteiger partial charge >= 0.3 is 0 Å². The molecule has 0 aliphatic rings. The van der Waals surface area contributed by atoms with Crippen molar-refractivity contribution in [3.05, 3.63) is 23.9 Å². The summed E-state index contributed by atoms with van der Waals surface area (Å²) < 4.78 is 4.84. The van der Waals surface area contributed by atoms with Crippen LogP contribution in [0.15, 0.2) is 18.3 Å². The van der Waals surface area contributed by atoms with Crippen LogP contribution in [0.2, 0.25) is 0 Å². The van der Waals surface area contributed by atoms with E-state index in [0.29, 0.717) is 18.7 Å². The number of hydrogen-bond acceptors (Lipinski definition) is 4. The summed E-state index contributed by atoms with van der Waals surface area (Å²) in [6, 6.07) is 3.57. The summed E-state index contributed by atoms with van der Waals surface area (Å²) in [5.74, 6) is 0.697. The van der Waals surface area contributed by atoms with Crippen LogP contribution in [0.25, 0.3) is 0 Å². The molecule has 5 nitrogen and oxygen atoms in total. The Bertz CT molecular complexity index is 336. The molecular formula is C11H17N3O2. The van der Waals surface area contributed by atoms with Crippen LogP contribution in [-0.4, -0.2) is 45.2 Å². The number of ether oxygens (including phenoxy) is 1. The van der Waals surface area contributed by atoms with Gasteiger partial charge in [0, 0.05) is 33.9 Å². The van der Waals surface area contributed by atoms with Gasteiger partial charge in [0.1, 0.15) is 5.82 Å². The van der Waals surface area contributed by atoms with Gasteiger partial charge in [-0.25, -0.2) is 4.98 Å². The second-order valence-electron chi connectivity index (χ2n) is 3.55. The van der Waals surface area contributed by atoms with Crippen LogP contribution in [0.5, 0.6) is 0 Å². The SMILES string of the molecule is COCCNC(=O)c1ccc(N(C)C)nc1. The van der Waals surface area contributed by atoms with Crippen LogP contribution in [-0.2, 0) is 4.74 Å². The summed E-state index contributed by atoms with van der Waals surface area (Å²) in [5.41, 5.74) is 0.557. The fraction of sp³-hybridized carbons (Fsp3) is 0.455. The molecular weight excluding hydrogens is 206 g/mol. The quantitative estimate of drug-likeness (QED) is 0.740. The smallest absolute Gasteiger partial charge is 0.252 e. The zero-order valence-corrected chi connectivity index (χ0v) is 9.86. The van der Waals surface area contributed by atoms with Gasteiger partial charge < -0.3 is 15.0 Å². The standard InChI is InChI=1S/C11H17N3O2/c1-14(2)10-5-4-9(8-13-10)11(15)12-6-7-16-3/h4-5,8H,6-7H2,1-3H3,(H,12,15). The van der Waals surface area contributed by atoms with Gasteiger partial charge in [-0.2, -0.15) is 0 Å². The number of amides is 1. The second kappa shape index (κ2) is 6.07. The van der Waals surface area contributed by atoms with E-state index in [2.05, 4.69) is 10.3 Å². The van der Waals surface area contributed by atoms with Crippen molar-refractivity contribution in [3.63, 3.8) is 0 Å².